The Morgan fingerprint density at radius 1 is 1.41 bits per heavy atom. The summed E-state index contributed by atoms with van der Waals surface area (Å²) in [4.78, 5) is 18.1. The Kier molecular flexibility index (Phi) is 4.09. The topological polar surface area (TPSA) is 71.3 Å². The smallest absolute Gasteiger partial charge is 0.317 e. The van der Waals surface area contributed by atoms with E-state index in [9.17, 15) is 4.79 Å². The highest BCUT2D eigenvalue weighted by atomic mass is 16.5. The molecule has 1 atom stereocenters. The number of urea groups is 1. The minimum Gasteiger partial charge on any atom is -0.339 e. The molecular weight excluding hydrogens is 280 g/mol. The number of amides is 2. The van der Waals surface area contributed by atoms with Gasteiger partial charge in [-0.3, -0.25) is 0 Å². The third-order valence-electron chi connectivity index (χ3n) is 3.82. The molecule has 1 saturated carbocycles. The van der Waals surface area contributed by atoms with Crippen molar-refractivity contribution in [2.75, 3.05) is 7.05 Å². The van der Waals surface area contributed by atoms with E-state index in [0.29, 0.717) is 24.2 Å². The van der Waals surface area contributed by atoms with Crippen LogP contribution in [0.1, 0.15) is 43.1 Å². The van der Waals surface area contributed by atoms with Gasteiger partial charge in [-0.25, -0.2) is 4.79 Å². The standard InChI is InChI=1S/C16H20N4O2/c1-11(17-16(21)20(2)13-8-9-13)15-18-14(22-19-15)10-12-6-4-3-5-7-12/h3-7,11,13H,8-10H2,1-2H3,(H,17,21)/t11-/m0/s1. The van der Waals surface area contributed by atoms with Crippen LogP contribution in [-0.4, -0.2) is 34.2 Å². The van der Waals surface area contributed by atoms with E-state index in [1.54, 1.807) is 4.90 Å². The molecule has 1 fully saturated rings. The Hall–Kier alpha value is -2.37. The predicted octanol–water partition coefficient (Wildman–Crippen LogP) is 2.53. The lowest BCUT2D eigenvalue weighted by molar-refractivity contribution is 0.202. The second-order valence-corrected chi connectivity index (χ2v) is 5.72. The maximum Gasteiger partial charge on any atom is 0.317 e. The van der Waals surface area contributed by atoms with Gasteiger partial charge in [-0.15, -0.1) is 0 Å². The lowest BCUT2D eigenvalue weighted by Gasteiger charge is -2.19. The van der Waals surface area contributed by atoms with Crippen LogP contribution in [0.2, 0.25) is 0 Å². The number of rotatable bonds is 5. The van der Waals surface area contributed by atoms with Crippen LogP contribution in [0, 0.1) is 0 Å². The molecule has 0 spiro atoms. The largest absolute Gasteiger partial charge is 0.339 e. The van der Waals surface area contributed by atoms with Gasteiger partial charge in [0.15, 0.2) is 5.82 Å². The van der Waals surface area contributed by atoms with Crippen molar-refractivity contribution in [2.45, 2.75) is 38.3 Å². The van der Waals surface area contributed by atoms with Gasteiger partial charge in [-0.05, 0) is 25.3 Å². The lowest BCUT2D eigenvalue weighted by atomic mass is 10.1. The van der Waals surface area contributed by atoms with E-state index in [1.807, 2.05) is 44.3 Å². The third-order valence-corrected chi connectivity index (χ3v) is 3.82. The fourth-order valence-corrected chi connectivity index (χ4v) is 2.27. The first-order valence-corrected chi connectivity index (χ1v) is 7.53. The van der Waals surface area contributed by atoms with Gasteiger partial charge < -0.3 is 14.7 Å². The molecule has 6 heteroatoms. The van der Waals surface area contributed by atoms with Crippen molar-refractivity contribution in [2.24, 2.45) is 0 Å². The summed E-state index contributed by atoms with van der Waals surface area (Å²) in [7, 11) is 1.82. The van der Waals surface area contributed by atoms with Crippen LogP contribution >= 0.6 is 0 Å². The minimum absolute atomic E-state index is 0.0931. The predicted molar refractivity (Wildman–Crippen MR) is 81.3 cm³/mol. The SMILES string of the molecule is C[C@H](NC(=O)N(C)C1CC1)c1noc(Cc2ccccc2)n1. The molecule has 1 aromatic heterocycles. The highest BCUT2D eigenvalue weighted by Crippen LogP contribution is 2.25. The van der Waals surface area contributed by atoms with Gasteiger partial charge in [-0.1, -0.05) is 35.5 Å². The second-order valence-electron chi connectivity index (χ2n) is 5.72. The summed E-state index contributed by atoms with van der Waals surface area (Å²) >= 11 is 0. The van der Waals surface area contributed by atoms with E-state index in [0.717, 1.165) is 18.4 Å². The molecule has 3 rings (SSSR count). The van der Waals surface area contributed by atoms with Crippen molar-refractivity contribution in [1.29, 1.82) is 0 Å². The molecule has 1 aromatic carbocycles. The highest BCUT2D eigenvalue weighted by Gasteiger charge is 2.30. The van der Waals surface area contributed by atoms with Gasteiger partial charge in [0.05, 0.1) is 12.5 Å². The van der Waals surface area contributed by atoms with Crippen molar-refractivity contribution in [3.05, 3.63) is 47.6 Å². The zero-order chi connectivity index (χ0) is 15.5. The summed E-state index contributed by atoms with van der Waals surface area (Å²) in [5, 5.41) is 6.86. The molecule has 6 nitrogen and oxygen atoms in total. The number of benzene rings is 1. The van der Waals surface area contributed by atoms with Crippen LogP contribution in [0.4, 0.5) is 4.79 Å². The number of nitrogens with zero attached hydrogens (tertiary/aromatic N) is 3. The highest BCUT2D eigenvalue weighted by molar-refractivity contribution is 5.74. The van der Waals surface area contributed by atoms with Crippen molar-refractivity contribution >= 4 is 6.03 Å². The van der Waals surface area contributed by atoms with Crippen LogP contribution in [0.3, 0.4) is 0 Å². The molecule has 0 saturated heterocycles. The number of nitrogens with one attached hydrogen (secondary N) is 1. The Morgan fingerprint density at radius 3 is 2.82 bits per heavy atom. The first kappa shape index (κ1) is 14.6. The first-order chi connectivity index (χ1) is 10.6. The van der Waals surface area contributed by atoms with Crippen molar-refractivity contribution in [3.63, 3.8) is 0 Å². The van der Waals surface area contributed by atoms with Crippen LogP contribution in [-0.2, 0) is 6.42 Å². The van der Waals surface area contributed by atoms with Gasteiger partial charge in [0.1, 0.15) is 0 Å². The number of hydrogen-bond acceptors (Lipinski definition) is 4. The molecule has 0 radical (unpaired) electrons. The maximum absolute atomic E-state index is 12.0. The normalized spacial score (nSPS) is 15.4. The molecular formula is C16H20N4O2. The van der Waals surface area contributed by atoms with E-state index >= 15 is 0 Å². The van der Waals surface area contributed by atoms with Crippen LogP contribution in [0.15, 0.2) is 34.9 Å². The fraction of sp³-hybridized carbons (Fsp3) is 0.438. The average molecular weight is 300 g/mol. The van der Waals surface area contributed by atoms with Gasteiger partial charge in [0.25, 0.3) is 0 Å². The quantitative estimate of drug-likeness (QED) is 0.921. The molecule has 2 amide bonds. The minimum atomic E-state index is -0.276. The average Bonchev–Trinajstić information content (AvgIpc) is 3.27. The molecule has 0 aliphatic heterocycles. The Labute approximate surface area is 129 Å². The van der Waals surface area contributed by atoms with Crippen molar-refractivity contribution in [1.82, 2.24) is 20.4 Å². The molecule has 1 aliphatic carbocycles. The second kappa shape index (κ2) is 6.17. The Balaban J connectivity index is 1.59. The van der Waals surface area contributed by atoms with Crippen molar-refractivity contribution < 1.29 is 9.32 Å². The van der Waals surface area contributed by atoms with Gasteiger partial charge in [-0.2, -0.15) is 4.98 Å². The van der Waals surface area contributed by atoms with Gasteiger partial charge in [0.2, 0.25) is 5.89 Å². The molecule has 0 unspecified atom stereocenters. The fourth-order valence-electron chi connectivity index (χ4n) is 2.27. The Morgan fingerprint density at radius 2 is 2.14 bits per heavy atom. The summed E-state index contributed by atoms with van der Waals surface area (Å²) in [6, 6.07) is 9.96. The van der Waals surface area contributed by atoms with E-state index in [4.69, 9.17) is 4.52 Å². The number of carbonyl (C=O) groups excluding carboxylic acids is 1. The van der Waals surface area contributed by atoms with Gasteiger partial charge >= 0.3 is 6.03 Å². The first-order valence-electron chi connectivity index (χ1n) is 7.53. The number of aromatic nitrogens is 2. The van der Waals surface area contributed by atoms with Crippen LogP contribution < -0.4 is 5.32 Å². The molecule has 2 aromatic rings. The van der Waals surface area contributed by atoms with Crippen LogP contribution in [0.5, 0.6) is 0 Å². The van der Waals surface area contributed by atoms with Crippen LogP contribution in [0.25, 0.3) is 0 Å². The van der Waals surface area contributed by atoms with Gasteiger partial charge in [0, 0.05) is 13.1 Å². The molecule has 22 heavy (non-hydrogen) atoms. The summed E-state index contributed by atoms with van der Waals surface area (Å²) in [5.41, 5.74) is 1.11. The maximum atomic E-state index is 12.0. The zero-order valence-corrected chi connectivity index (χ0v) is 12.8. The summed E-state index contributed by atoms with van der Waals surface area (Å²) in [6.45, 7) is 1.86. The zero-order valence-electron chi connectivity index (χ0n) is 12.8. The lowest BCUT2D eigenvalue weighted by Crippen LogP contribution is -2.40. The van der Waals surface area contributed by atoms with E-state index < -0.39 is 0 Å². The van der Waals surface area contributed by atoms with Crippen molar-refractivity contribution in [3.8, 4) is 0 Å². The molecule has 1 N–H and O–H groups in total. The van der Waals surface area contributed by atoms with E-state index in [-0.39, 0.29) is 12.1 Å². The molecule has 116 valence electrons. The molecule has 0 bridgehead atoms. The third kappa shape index (κ3) is 3.44. The number of hydrogen-bond donors (Lipinski definition) is 1. The molecule has 1 aliphatic rings. The monoisotopic (exact) mass is 300 g/mol. The van der Waals surface area contributed by atoms with E-state index in [2.05, 4.69) is 15.5 Å². The Bertz CT molecular complexity index is 637. The number of carbonyl (C=O) groups is 1. The summed E-state index contributed by atoms with van der Waals surface area (Å²) in [6.07, 6.45) is 2.76. The molecule has 1 heterocycles. The summed E-state index contributed by atoms with van der Waals surface area (Å²) in [5.74, 6) is 1.06. The summed E-state index contributed by atoms with van der Waals surface area (Å²) < 4.78 is 5.27. The van der Waals surface area contributed by atoms with E-state index in [1.165, 1.54) is 0 Å².